The van der Waals surface area contributed by atoms with Crippen molar-refractivity contribution < 1.29 is 80.0 Å². The van der Waals surface area contributed by atoms with Crippen molar-refractivity contribution in [3.8, 4) is 40.2 Å². The molecule has 11 N–H and O–H groups in total. The molecule has 0 amide bonds. The van der Waals surface area contributed by atoms with Gasteiger partial charge < -0.3 is 70.4 Å². The maximum atomic E-state index is 13.1. The summed E-state index contributed by atoms with van der Waals surface area (Å²) in [6, 6.07) is 9.47. The molecular weight excluding hydrogens is 640 g/mol. The smallest absolute Gasteiger partial charge is 0.338 e. The summed E-state index contributed by atoms with van der Waals surface area (Å²) in [6.07, 6.45) is -10.3. The first-order valence-corrected chi connectivity index (χ1v) is 14.6. The Bertz CT molecular complexity index is 1600. The second kappa shape index (κ2) is 14.9. The second-order valence-electron chi connectivity index (χ2n) is 11.4. The number of rotatable bonds is 13. The van der Waals surface area contributed by atoms with Crippen molar-refractivity contribution in [3.05, 3.63) is 65.2 Å². The number of Topliss-reactive ketones (excluding diaryl/α,β-unsaturated/α-hetero) is 1. The molecular formula is C32H36O16. The molecule has 1 fully saturated rings. The molecule has 16 nitrogen and oxygen atoms in total. The van der Waals surface area contributed by atoms with Gasteiger partial charge in [0.05, 0.1) is 12.0 Å². The normalized spacial score (nSPS) is 22.1. The number of aliphatic hydroxyl groups is 4. The van der Waals surface area contributed by atoms with Gasteiger partial charge in [-0.1, -0.05) is 12.1 Å². The molecule has 3 aromatic carbocycles. The van der Waals surface area contributed by atoms with Gasteiger partial charge in [0.1, 0.15) is 36.8 Å². The fourth-order valence-electron chi connectivity index (χ4n) is 4.99. The Morgan fingerprint density at radius 3 is 1.83 bits per heavy atom. The van der Waals surface area contributed by atoms with Crippen LogP contribution in [0.3, 0.4) is 0 Å². The predicted molar refractivity (Wildman–Crippen MR) is 160 cm³/mol. The highest BCUT2D eigenvalue weighted by molar-refractivity contribution is 5.91. The first kappa shape index (κ1) is 36.0. The molecule has 6 atom stereocenters. The highest BCUT2D eigenvalue weighted by Gasteiger charge is 2.48. The minimum atomic E-state index is -2.39. The number of phenolic OH excluding ortho intramolecular Hbond substituents is 7. The summed E-state index contributed by atoms with van der Waals surface area (Å²) in [4.78, 5) is 25.6. The third kappa shape index (κ3) is 8.74. The number of phenols is 7. The van der Waals surface area contributed by atoms with E-state index in [2.05, 4.69) is 0 Å². The number of aryl methyl sites for hydroxylation is 2. The number of hydrogen-bond donors (Lipinski definition) is 11. The van der Waals surface area contributed by atoms with Crippen LogP contribution in [-0.2, 0) is 31.8 Å². The van der Waals surface area contributed by atoms with E-state index in [-0.39, 0.29) is 37.2 Å². The van der Waals surface area contributed by atoms with Gasteiger partial charge in [-0.25, -0.2) is 4.79 Å². The van der Waals surface area contributed by atoms with E-state index in [4.69, 9.17) is 14.2 Å². The van der Waals surface area contributed by atoms with Crippen LogP contribution in [0.5, 0.6) is 40.2 Å². The van der Waals surface area contributed by atoms with Crippen molar-refractivity contribution in [3.63, 3.8) is 0 Å². The van der Waals surface area contributed by atoms with Crippen molar-refractivity contribution in [2.75, 3.05) is 6.61 Å². The Morgan fingerprint density at radius 2 is 1.27 bits per heavy atom. The lowest BCUT2D eigenvalue weighted by Gasteiger charge is -2.43. The number of aromatic hydroxyl groups is 7. The molecule has 0 radical (unpaired) electrons. The van der Waals surface area contributed by atoms with Crippen molar-refractivity contribution in [1.29, 1.82) is 0 Å². The van der Waals surface area contributed by atoms with Gasteiger partial charge >= 0.3 is 5.97 Å². The van der Waals surface area contributed by atoms with E-state index in [9.17, 15) is 65.8 Å². The number of esters is 1. The zero-order chi connectivity index (χ0) is 35.3. The number of aliphatic hydroxyl groups excluding tert-OH is 3. The molecule has 0 aromatic heterocycles. The topological polar surface area (TPSA) is 284 Å². The van der Waals surface area contributed by atoms with Crippen LogP contribution in [0.2, 0.25) is 0 Å². The van der Waals surface area contributed by atoms with Gasteiger partial charge in [0.2, 0.25) is 0 Å². The fraction of sp³-hybridized carbons (Fsp3) is 0.375. The van der Waals surface area contributed by atoms with Crippen LogP contribution in [0, 0.1) is 0 Å². The molecule has 1 heterocycles. The van der Waals surface area contributed by atoms with E-state index in [0.717, 1.165) is 12.1 Å². The van der Waals surface area contributed by atoms with Crippen LogP contribution in [0.4, 0.5) is 0 Å². The molecule has 0 bridgehead atoms. The van der Waals surface area contributed by atoms with Gasteiger partial charge in [0.15, 0.2) is 52.3 Å². The maximum Gasteiger partial charge on any atom is 0.338 e. The molecule has 3 aromatic rings. The molecule has 260 valence electrons. The Kier molecular flexibility index (Phi) is 11.2. The molecule has 0 spiro atoms. The van der Waals surface area contributed by atoms with Crippen molar-refractivity contribution in [2.24, 2.45) is 0 Å². The van der Waals surface area contributed by atoms with Crippen LogP contribution < -0.4 is 0 Å². The van der Waals surface area contributed by atoms with Gasteiger partial charge in [0, 0.05) is 12.8 Å². The highest BCUT2D eigenvalue weighted by Crippen LogP contribution is 2.36. The maximum absolute atomic E-state index is 13.1. The van der Waals surface area contributed by atoms with Crippen molar-refractivity contribution in [1.82, 2.24) is 0 Å². The van der Waals surface area contributed by atoms with Crippen LogP contribution in [0.15, 0.2) is 48.5 Å². The lowest BCUT2D eigenvalue weighted by molar-refractivity contribution is -0.362. The third-order valence-electron chi connectivity index (χ3n) is 7.74. The quantitative estimate of drug-likeness (QED) is 0.0668. The SMILES string of the molecule is O=C(CCc1ccc(O)c(O)c1)CC(O)(CCc1ccc(O)c(O)c1)O[C@@H]1O[C@H](COC(=O)c2cc(O)c(O)c(O)c2)[C@@H](O)[C@H](O)[C@H]1O. The van der Waals surface area contributed by atoms with Crippen LogP contribution in [-0.4, -0.2) is 111 Å². The van der Waals surface area contributed by atoms with Gasteiger partial charge in [0.25, 0.3) is 0 Å². The number of carbonyl (C=O) groups excluding carboxylic acids is 2. The molecule has 1 aliphatic heterocycles. The third-order valence-corrected chi connectivity index (χ3v) is 7.74. The molecule has 4 rings (SSSR count). The Balaban J connectivity index is 1.49. The highest BCUT2D eigenvalue weighted by atomic mass is 16.8. The Hall–Kier alpha value is -4.84. The number of benzene rings is 3. The minimum absolute atomic E-state index is 0.0369. The summed E-state index contributed by atoms with van der Waals surface area (Å²) < 4.78 is 16.3. The second-order valence-corrected chi connectivity index (χ2v) is 11.4. The van der Waals surface area contributed by atoms with Crippen molar-refractivity contribution in [2.45, 2.75) is 68.6 Å². The molecule has 48 heavy (non-hydrogen) atoms. The number of ether oxygens (including phenoxy) is 3. The van der Waals surface area contributed by atoms with E-state index in [1.807, 2.05) is 0 Å². The summed E-state index contributed by atoms with van der Waals surface area (Å²) in [6.45, 7) is -0.768. The summed E-state index contributed by atoms with van der Waals surface area (Å²) in [7, 11) is 0. The zero-order valence-corrected chi connectivity index (χ0v) is 25.2. The summed E-state index contributed by atoms with van der Waals surface area (Å²) >= 11 is 0. The number of ketones is 1. The molecule has 16 heteroatoms. The number of hydrogen-bond acceptors (Lipinski definition) is 16. The van der Waals surface area contributed by atoms with E-state index >= 15 is 0 Å². The zero-order valence-electron chi connectivity index (χ0n) is 25.2. The van der Waals surface area contributed by atoms with Crippen LogP contribution in [0.1, 0.15) is 40.7 Å². The summed E-state index contributed by atoms with van der Waals surface area (Å²) in [5.74, 6) is -8.16. The average molecular weight is 677 g/mol. The lowest BCUT2D eigenvalue weighted by atomic mass is 9.96. The minimum Gasteiger partial charge on any atom is -0.504 e. The van der Waals surface area contributed by atoms with E-state index in [0.29, 0.717) is 11.1 Å². The van der Waals surface area contributed by atoms with E-state index in [1.165, 1.54) is 36.4 Å². The predicted octanol–water partition coefficient (Wildman–Crippen LogP) is 0.520. The van der Waals surface area contributed by atoms with Gasteiger partial charge in [-0.15, -0.1) is 0 Å². The largest absolute Gasteiger partial charge is 0.504 e. The number of carbonyl (C=O) groups is 2. The average Bonchev–Trinajstić information content (AvgIpc) is 3.04. The summed E-state index contributed by atoms with van der Waals surface area (Å²) in [5.41, 5.74) is 0.522. The first-order valence-electron chi connectivity index (χ1n) is 14.6. The fourth-order valence-corrected chi connectivity index (χ4v) is 4.99. The molecule has 0 aliphatic carbocycles. The monoisotopic (exact) mass is 676 g/mol. The van der Waals surface area contributed by atoms with Crippen molar-refractivity contribution >= 4 is 11.8 Å². The Labute approximate surface area is 272 Å². The van der Waals surface area contributed by atoms with Crippen LogP contribution >= 0.6 is 0 Å². The summed E-state index contributed by atoms with van der Waals surface area (Å²) in [5, 5.41) is 111. The Morgan fingerprint density at radius 1 is 0.708 bits per heavy atom. The van der Waals surface area contributed by atoms with Gasteiger partial charge in [-0.2, -0.15) is 0 Å². The van der Waals surface area contributed by atoms with Crippen LogP contribution in [0.25, 0.3) is 0 Å². The van der Waals surface area contributed by atoms with Gasteiger partial charge in [-0.05, 0) is 60.4 Å². The first-order chi connectivity index (χ1) is 22.6. The molecule has 1 unspecified atom stereocenters. The van der Waals surface area contributed by atoms with E-state index < -0.39 is 95.6 Å². The van der Waals surface area contributed by atoms with E-state index in [1.54, 1.807) is 0 Å². The van der Waals surface area contributed by atoms with Gasteiger partial charge in [-0.3, -0.25) is 4.79 Å². The molecule has 1 saturated heterocycles. The molecule has 0 saturated carbocycles. The lowest BCUT2D eigenvalue weighted by Crippen LogP contribution is -2.61. The molecule has 1 aliphatic rings. The standard InChI is InChI=1S/C32H36O16/c33-18(4-1-15-2-5-19(34)21(36)9-15)13-32(45,8-7-16-3-6-20(35)22(37)10-16)48-31-29(43)28(42)27(41)25(47-31)14-46-30(44)17-11-23(38)26(40)24(39)12-17/h2-3,5-6,9-12,25,27-29,31,34-43,45H,1,4,7-8,13-14H2/t25-,27-,28+,29-,31+,32?/m1/s1.